The van der Waals surface area contributed by atoms with Gasteiger partial charge in [-0.3, -0.25) is 4.90 Å². The number of hydrogen-bond acceptors (Lipinski definition) is 4. The largest absolute Gasteiger partial charge is 0.336 e. The number of rotatable bonds is 6. The van der Waals surface area contributed by atoms with Crippen LogP contribution < -0.4 is 10.6 Å². The summed E-state index contributed by atoms with van der Waals surface area (Å²) in [5, 5.41) is 14.1. The van der Waals surface area contributed by atoms with Crippen molar-refractivity contribution in [2.24, 2.45) is 0 Å². The van der Waals surface area contributed by atoms with E-state index in [1.165, 1.54) is 45.1 Å². The molecular weight excluding hydrogens is 316 g/mol. The Morgan fingerprint density at radius 3 is 2.88 bits per heavy atom. The van der Waals surface area contributed by atoms with Gasteiger partial charge in [0, 0.05) is 38.1 Å². The maximum absolute atomic E-state index is 12.2. The molecule has 1 saturated carbocycles. The van der Waals surface area contributed by atoms with Crippen molar-refractivity contribution in [2.75, 3.05) is 19.6 Å². The Kier molecular flexibility index (Phi) is 6.67. The van der Waals surface area contributed by atoms with Crippen LogP contribution in [0.3, 0.4) is 0 Å². The van der Waals surface area contributed by atoms with Crippen LogP contribution in [0.15, 0.2) is 6.33 Å². The lowest BCUT2D eigenvalue weighted by atomic mass is 9.92. The Labute approximate surface area is 150 Å². The maximum Gasteiger partial charge on any atom is 0.315 e. The Hall–Kier alpha value is -1.63. The number of aryl methyl sites for hydroxylation is 1. The van der Waals surface area contributed by atoms with E-state index >= 15 is 0 Å². The van der Waals surface area contributed by atoms with Gasteiger partial charge in [0.1, 0.15) is 12.2 Å². The minimum Gasteiger partial charge on any atom is -0.336 e. The molecule has 0 bridgehead atoms. The van der Waals surface area contributed by atoms with Gasteiger partial charge < -0.3 is 15.2 Å². The molecule has 140 valence electrons. The third-order valence-electron chi connectivity index (χ3n) is 5.53. The molecule has 0 aromatic carbocycles. The molecule has 3 rings (SSSR count). The molecular formula is C18H32N6O. The molecule has 2 aliphatic rings. The summed E-state index contributed by atoms with van der Waals surface area (Å²) in [6.07, 6.45) is 11.6. The van der Waals surface area contributed by atoms with Crippen LogP contribution in [0.4, 0.5) is 4.79 Å². The van der Waals surface area contributed by atoms with Gasteiger partial charge >= 0.3 is 6.03 Å². The van der Waals surface area contributed by atoms with E-state index in [-0.39, 0.29) is 12.1 Å². The van der Waals surface area contributed by atoms with Crippen molar-refractivity contribution < 1.29 is 4.79 Å². The Bertz CT molecular complexity index is 539. The number of nitrogens with one attached hydrogen (secondary N) is 2. The first kappa shape index (κ1) is 18.2. The highest BCUT2D eigenvalue weighted by Crippen LogP contribution is 2.25. The van der Waals surface area contributed by atoms with Crippen molar-refractivity contribution in [3.05, 3.63) is 12.2 Å². The Morgan fingerprint density at radius 2 is 2.08 bits per heavy atom. The zero-order valence-corrected chi connectivity index (χ0v) is 15.4. The van der Waals surface area contributed by atoms with E-state index in [9.17, 15) is 4.79 Å². The average molecular weight is 348 g/mol. The molecule has 1 saturated heterocycles. The summed E-state index contributed by atoms with van der Waals surface area (Å²) in [4.78, 5) is 14.8. The van der Waals surface area contributed by atoms with E-state index in [1.54, 1.807) is 6.33 Å². The summed E-state index contributed by atoms with van der Waals surface area (Å²) >= 11 is 0. The van der Waals surface area contributed by atoms with Crippen LogP contribution in [0.1, 0.15) is 57.7 Å². The summed E-state index contributed by atoms with van der Waals surface area (Å²) in [6, 6.07) is 0.959. The minimum absolute atomic E-state index is 0.0541. The van der Waals surface area contributed by atoms with Gasteiger partial charge in [-0.25, -0.2) is 4.79 Å². The fourth-order valence-electron chi connectivity index (χ4n) is 4.17. The molecule has 1 aliphatic carbocycles. The first-order chi connectivity index (χ1) is 12.3. The smallest absolute Gasteiger partial charge is 0.315 e. The molecule has 0 spiro atoms. The predicted molar refractivity (Wildman–Crippen MR) is 97.4 cm³/mol. The first-order valence-electron chi connectivity index (χ1n) is 9.91. The molecule has 2 N–H and O–H groups in total. The van der Waals surface area contributed by atoms with Crippen LogP contribution in [0.2, 0.25) is 0 Å². The molecule has 1 atom stereocenters. The molecule has 1 aromatic rings. The molecule has 7 heteroatoms. The van der Waals surface area contributed by atoms with Gasteiger partial charge in [-0.1, -0.05) is 26.2 Å². The topological polar surface area (TPSA) is 75.1 Å². The third kappa shape index (κ3) is 5.17. The predicted octanol–water partition coefficient (Wildman–Crippen LogP) is 1.94. The van der Waals surface area contributed by atoms with Crippen LogP contribution in [0.25, 0.3) is 0 Å². The highest BCUT2D eigenvalue weighted by molar-refractivity contribution is 5.74. The van der Waals surface area contributed by atoms with Crippen LogP contribution in [-0.2, 0) is 13.0 Å². The van der Waals surface area contributed by atoms with E-state index in [2.05, 4.69) is 32.7 Å². The molecule has 2 heterocycles. The number of amides is 2. The minimum atomic E-state index is -0.0541. The number of likely N-dealkylation sites (tertiary alicyclic amines) is 1. The summed E-state index contributed by atoms with van der Waals surface area (Å²) in [5.74, 6) is 0.956. The third-order valence-corrected chi connectivity index (χ3v) is 5.53. The van der Waals surface area contributed by atoms with Gasteiger partial charge in [-0.2, -0.15) is 0 Å². The van der Waals surface area contributed by atoms with Gasteiger partial charge in [-0.05, 0) is 32.2 Å². The summed E-state index contributed by atoms with van der Waals surface area (Å²) in [5.41, 5.74) is 0. The number of nitrogens with zero attached hydrogens (tertiary/aromatic N) is 4. The van der Waals surface area contributed by atoms with E-state index in [0.717, 1.165) is 31.3 Å². The standard InChI is InChI=1S/C18H32N6O/c1-2-17-22-20-14-24(17)12-10-19-18(25)21-15-7-6-11-23(13-15)16-8-4-3-5-9-16/h14-16H,2-13H2,1H3,(H2,19,21,25). The first-order valence-corrected chi connectivity index (χ1v) is 9.91. The van der Waals surface area contributed by atoms with Crippen LogP contribution in [0.5, 0.6) is 0 Å². The normalized spacial score (nSPS) is 22.7. The second kappa shape index (κ2) is 9.17. The van der Waals surface area contributed by atoms with Gasteiger partial charge in [0.05, 0.1) is 0 Å². The number of piperidine rings is 1. The van der Waals surface area contributed by atoms with E-state index in [0.29, 0.717) is 13.1 Å². The molecule has 25 heavy (non-hydrogen) atoms. The number of carbonyl (C=O) groups is 1. The molecule has 2 fully saturated rings. The second-order valence-electron chi connectivity index (χ2n) is 7.32. The van der Waals surface area contributed by atoms with E-state index in [4.69, 9.17) is 0 Å². The number of hydrogen-bond donors (Lipinski definition) is 2. The molecule has 0 radical (unpaired) electrons. The van der Waals surface area contributed by atoms with Crippen LogP contribution >= 0.6 is 0 Å². The van der Waals surface area contributed by atoms with Crippen LogP contribution in [0, 0.1) is 0 Å². The Morgan fingerprint density at radius 1 is 1.24 bits per heavy atom. The zero-order valence-electron chi connectivity index (χ0n) is 15.4. The molecule has 2 amide bonds. The van der Waals surface area contributed by atoms with Gasteiger partial charge in [0.15, 0.2) is 0 Å². The number of carbonyl (C=O) groups excluding carboxylic acids is 1. The van der Waals surface area contributed by atoms with Crippen molar-refractivity contribution in [3.8, 4) is 0 Å². The van der Waals surface area contributed by atoms with Gasteiger partial charge in [0.25, 0.3) is 0 Å². The van der Waals surface area contributed by atoms with Gasteiger partial charge in [-0.15, -0.1) is 10.2 Å². The maximum atomic E-state index is 12.2. The lowest BCUT2D eigenvalue weighted by Crippen LogP contribution is -2.53. The number of urea groups is 1. The van der Waals surface area contributed by atoms with E-state index < -0.39 is 0 Å². The van der Waals surface area contributed by atoms with Gasteiger partial charge in [0.2, 0.25) is 0 Å². The quantitative estimate of drug-likeness (QED) is 0.824. The second-order valence-corrected chi connectivity index (χ2v) is 7.32. The SMILES string of the molecule is CCc1nncn1CCNC(=O)NC1CCCN(C2CCCCC2)C1. The fourth-order valence-corrected chi connectivity index (χ4v) is 4.17. The molecule has 7 nitrogen and oxygen atoms in total. The lowest BCUT2D eigenvalue weighted by Gasteiger charge is -2.40. The van der Waals surface area contributed by atoms with Crippen molar-refractivity contribution >= 4 is 6.03 Å². The molecule has 1 aromatic heterocycles. The number of aromatic nitrogens is 3. The van der Waals surface area contributed by atoms with Crippen molar-refractivity contribution in [1.82, 2.24) is 30.3 Å². The van der Waals surface area contributed by atoms with E-state index in [1.807, 2.05) is 4.57 Å². The average Bonchev–Trinajstić information content (AvgIpc) is 3.10. The lowest BCUT2D eigenvalue weighted by molar-refractivity contribution is 0.112. The van der Waals surface area contributed by atoms with Crippen LogP contribution in [-0.4, -0.2) is 57.4 Å². The summed E-state index contributed by atoms with van der Waals surface area (Å²) in [6.45, 7) is 5.56. The molecule has 1 aliphatic heterocycles. The van der Waals surface area contributed by atoms with Crippen molar-refractivity contribution in [1.29, 1.82) is 0 Å². The highest BCUT2D eigenvalue weighted by Gasteiger charge is 2.27. The van der Waals surface area contributed by atoms with Crippen molar-refractivity contribution in [2.45, 2.75) is 76.9 Å². The highest BCUT2D eigenvalue weighted by atomic mass is 16.2. The Balaban J connectivity index is 1.38. The summed E-state index contributed by atoms with van der Waals surface area (Å²) in [7, 11) is 0. The zero-order chi connectivity index (χ0) is 17.5. The van der Waals surface area contributed by atoms with Crippen molar-refractivity contribution in [3.63, 3.8) is 0 Å². The fraction of sp³-hybridized carbons (Fsp3) is 0.833. The monoisotopic (exact) mass is 348 g/mol. The summed E-state index contributed by atoms with van der Waals surface area (Å²) < 4.78 is 1.99. The molecule has 1 unspecified atom stereocenters.